The molecule has 0 aliphatic rings. The van der Waals surface area contributed by atoms with Crippen molar-refractivity contribution < 1.29 is 18.0 Å². The van der Waals surface area contributed by atoms with E-state index < -0.39 is 17.5 Å². The molecular weight excluding hydrogens is 329 g/mol. The van der Waals surface area contributed by atoms with E-state index in [4.69, 9.17) is 0 Å². The normalized spacial score (nSPS) is 11.6. The zero-order valence-electron chi connectivity index (χ0n) is 8.79. The summed E-state index contributed by atoms with van der Waals surface area (Å²) in [5.41, 5.74) is -0.424. The van der Waals surface area contributed by atoms with Gasteiger partial charge in [0, 0.05) is 21.0 Å². The molecule has 1 heterocycles. The van der Waals surface area contributed by atoms with Crippen molar-refractivity contribution in [3.05, 3.63) is 56.2 Å². The molecule has 1 nitrogen and oxygen atoms in total. The second kappa shape index (κ2) is 4.85. The summed E-state index contributed by atoms with van der Waals surface area (Å²) in [6.07, 6.45) is -4.45. The summed E-state index contributed by atoms with van der Waals surface area (Å²) in [6, 6.07) is 4.63. The van der Waals surface area contributed by atoms with Gasteiger partial charge in [0.25, 0.3) is 0 Å². The molecule has 0 N–H and O–H groups in total. The van der Waals surface area contributed by atoms with Gasteiger partial charge >= 0.3 is 6.18 Å². The maximum Gasteiger partial charge on any atom is 0.416 e. The van der Waals surface area contributed by atoms with Gasteiger partial charge in [0.15, 0.2) is 5.78 Å². The van der Waals surface area contributed by atoms with E-state index >= 15 is 0 Å². The number of carbonyl (C=O) groups excluding carboxylic acids is 1. The Hall–Kier alpha value is -1.14. The van der Waals surface area contributed by atoms with Gasteiger partial charge in [-0.1, -0.05) is 15.9 Å². The molecule has 2 rings (SSSR count). The third-order valence-corrected chi connectivity index (χ3v) is 3.70. The Kier molecular flexibility index (Phi) is 3.59. The fraction of sp³-hybridized carbons (Fsp3) is 0.0833. The van der Waals surface area contributed by atoms with Crippen molar-refractivity contribution in [1.29, 1.82) is 0 Å². The van der Waals surface area contributed by atoms with Crippen molar-refractivity contribution in [3.63, 3.8) is 0 Å². The Morgan fingerprint density at radius 2 is 1.94 bits per heavy atom. The fourth-order valence-electron chi connectivity index (χ4n) is 1.42. The molecule has 0 saturated heterocycles. The van der Waals surface area contributed by atoms with Crippen LogP contribution in [0.5, 0.6) is 0 Å². The van der Waals surface area contributed by atoms with Gasteiger partial charge in [0.1, 0.15) is 0 Å². The third-order valence-electron chi connectivity index (χ3n) is 2.32. The van der Waals surface area contributed by atoms with Crippen LogP contribution in [0.4, 0.5) is 13.2 Å². The van der Waals surface area contributed by atoms with Crippen LogP contribution in [0.3, 0.4) is 0 Å². The summed E-state index contributed by atoms with van der Waals surface area (Å²) in [4.78, 5) is 12.0. The minimum atomic E-state index is -4.45. The van der Waals surface area contributed by atoms with Crippen LogP contribution in [0.25, 0.3) is 0 Å². The Morgan fingerprint density at radius 3 is 2.50 bits per heavy atom. The van der Waals surface area contributed by atoms with Crippen molar-refractivity contribution >= 4 is 33.0 Å². The lowest BCUT2D eigenvalue weighted by atomic mass is 10.0. The molecule has 1 aromatic carbocycles. The highest BCUT2D eigenvalue weighted by atomic mass is 79.9. The molecule has 1 aromatic heterocycles. The van der Waals surface area contributed by atoms with Crippen LogP contribution in [0.2, 0.25) is 0 Å². The Morgan fingerprint density at radius 1 is 1.22 bits per heavy atom. The molecule has 0 radical (unpaired) electrons. The van der Waals surface area contributed by atoms with Gasteiger partial charge in [-0.2, -0.15) is 24.5 Å². The molecule has 2 aromatic rings. The molecule has 94 valence electrons. The van der Waals surface area contributed by atoms with Gasteiger partial charge in [-0.3, -0.25) is 4.79 Å². The van der Waals surface area contributed by atoms with Gasteiger partial charge < -0.3 is 0 Å². The van der Waals surface area contributed by atoms with Crippen LogP contribution < -0.4 is 0 Å². The lowest BCUT2D eigenvalue weighted by Gasteiger charge is -2.09. The van der Waals surface area contributed by atoms with E-state index in [0.717, 1.165) is 12.1 Å². The first-order chi connectivity index (χ1) is 8.39. The largest absolute Gasteiger partial charge is 0.416 e. The molecule has 6 heteroatoms. The highest BCUT2D eigenvalue weighted by Gasteiger charge is 2.31. The van der Waals surface area contributed by atoms with Gasteiger partial charge in [-0.05, 0) is 29.6 Å². The smallest absolute Gasteiger partial charge is 0.289 e. The average Bonchev–Trinajstić information content (AvgIpc) is 2.80. The summed E-state index contributed by atoms with van der Waals surface area (Å²) in [5.74, 6) is -0.422. The quantitative estimate of drug-likeness (QED) is 0.723. The number of hydrogen-bond acceptors (Lipinski definition) is 2. The maximum atomic E-state index is 12.6. The van der Waals surface area contributed by atoms with E-state index in [1.165, 1.54) is 17.4 Å². The lowest BCUT2D eigenvalue weighted by Crippen LogP contribution is -2.08. The number of carbonyl (C=O) groups is 1. The second-order valence-corrected chi connectivity index (χ2v) is 5.17. The molecule has 0 saturated carbocycles. The molecule has 0 unspecified atom stereocenters. The molecule has 0 aliphatic heterocycles. The third kappa shape index (κ3) is 2.64. The van der Waals surface area contributed by atoms with Crippen molar-refractivity contribution in [1.82, 2.24) is 0 Å². The first-order valence-corrected chi connectivity index (χ1v) is 6.57. The topological polar surface area (TPSA) is 17.1 Å². The van der Waals surface area contributed by atoms with E-state index in [0.29, 0.717) is 10.0 Å². The van der Waals surface area contributed by atoms with Gasteiger partial charge in [0.2, 0.25) is 0 Å². The first kappa shape index (κ1) is 13.3. The number of hydrogen-bond donors (Lipinski definition) is 0. The van der Waals surface area contributed by atoms with Crippen molar-refractivity contribution in [3.8, 4) is 0 Å². The van der Waals surface area contributed by atoms with Crippen LogP contribution in [-0.2, 0) is 6.18 Å². The second-order valence-electron chi connectivity index (χ2n) is 3.53. The monoisotopic (exact) mass is 334 g/mol. The predicted molar refractivity (Wildman–Crippen MR) is 66.9 cm³/mol. The average molecular weight is 335 g/mol. The van der Waals surface area contributed by atoms with Crippen LogP contribution in [0.15, 0.2) is 39.5 Å². The zero-order valence-corrected chi connectivity index (χ0v) is 11.2. The minimum Gasteiger partial charge on any atom is -0.289 e. The SMILES string of the molecule is O=C(c1ccsc1)c1cc(C(F)(F)F)ccc1Br. The zero-order chi connectivity index (χ0) is 13.3. The molecule has 0 spiro atoms. The predicted octanol–water partition coefficient (Wildman–Crippen LogP) is 4.76. The molecule has 0 bridgehead atoms. The summed E-state index contributed by atoms with van der Waals surface area (Å²) < 4.78 is 38.1. The highest BCUT2D eigenvalue weighted by molar-refractivity contribution is 9.10. The van der Waals surface area contributed by atoms with Crippen molar-refractivity contribution in [2.75, 3.05) is 0 Å². The minimum absolute atomic E-state index is 0.0169. The molecule has 0 aliphatic carbocycles. The Labute approximate surface area is 113 Å². The molecular formula is C12H6BrF3OS. The highest BCUT2D eigenvalue weighted by Crippen LogP contribution is 2.32. The van der Waals surface area contributed by atoms with E-state index in [2.05, 4.69) is 15.9 Å². The van der Waals surface area contributed by atoms with E-state index in [1.54, 1.807) is 16.8 Å². The lowest BCUT2D eigenvalue weighted by molar-refractivity contribution is -0.137. The number of alkyl halides is 3. The Balaban J connectivity index is 2.48. The summed E-state index contributed by atoms with van der Waals surface area (Å²) in [6.45, 7) is 0. The van der Waals surface area contributed by atoms with Crippen LogP contribution in [0.1, 0.15) is 21.5 Å². The number of benzene rings is 1. The van der Waals surface area contributed by atoms with Crippen molar-refractivity contribution in [2.45, 2.75) is 6.18 Å². The Bertz CT molecular complexity index is 576. The maximum absolute atomic E-state index is 12.6. The van der Waals surface area contributed by atoms with Crippen LogP contribution in [0, 0.1) is 0 Å². The van der Waals surface area contributed by atoms with E-state index in [9.17, 15) is 18.0 Å². The number of ketones is 1. The van der Waals surface area contributed by atoms with E-state index in [1.807, 2.05) is 0 Å². The molecule has 0 amide bonds. The molecule has 0 fully saturated rings. The van der Waals surface area contributed by atoms with Crippen LogP contribution >= 0.6 is 27.3 Å². The standard InChI is InChI=1S/C12H6BrF3OS/c13-10-2-1-8(12(14,15)16)5-9(10)11(17)7-3-4-18-6-7/h1-6H. The molecule has 18 heavy (non-hydrogen) atoms. The summed E-state index contributed by atoms with van der Waals surface area (Å²) >= 11 is 4.42. The number of halogens is 4. The summed E-state index contributed by atoms with van der Waals surface area (Å²) in [5, 5.41) is 3.31. The van der Waals surface area contributed by atoms with Gasteiger partial charge in [-0.15, -0.1) is 0 Å². The molecule has 0 atom stereocenters. The van der Waals surface area contributed by atoms with Crippen LogP contribution in [-0.4, -0.2) is 5.78 Å². The number of rotatable bonds is 2. The van der Waals surface area contributed by atoms with Gasteiger partial charge in [0.05, 0.1) is 5.56 Å². The number of thiophene rings is 1. The van der Waals surface area contributed by atoms with Gasteiger partial charge in [-0.25, -0.2) is 0 Å². The first-order valence-electron chi connectivity index (χ1n) is 4.83. The fourth-order valence-corrected chi connectivity index (χ4v) is 2.49. The van der Waals surface area contributed by atoms with E-state index in [-0.39, 0.29) is 5.56 Å². The van der Waals surface area contributed by atoms with Crippen molar-refractivity contribution in [2.24, 2.45) is 0 Å². The summed E-state index contributed by atoms with van der Waals surface area (Å²) in [7, 11) is 0.